The molecule has 1 saturated heterocycles. The number of nitrogens with one attached hydrogen (secondary N) is 2. The van der Waals surface area contributed by atoms with Crippen molar-refractivity contribution in [2.45, 2.75) is 52.1 Å². The quantitative estimate of drug-likeness (QED) is 0.732. The van der Waals surface area contributed by atoms with Crippen LogP contribution >= 0.6 is 0 Å². The molecule has 2 amide bonds. The van der Waals surface area contributed by atoms with Crippen LogP contribution in [0.3, 0.4) is 0 Å². The minimum absolute atomic E-state index is 0.0204. The Morgan fingerprint density at radius 3 is 2.52 bits per heavy atom. The molecule has 1 fully saturated rings. The lowest BCUT2D eigenvalue weighted by molar-refractivity contribution is -0.123. The van der Waals surface area contributed by atoms with E-state index in [9.17, 15) is 9.59 Å². The highest BCUT2D eigenvalue weighted by molar-refractivity contribution is 5.78. The number of ether oxygens (including phenoxy) is 1. The van der Waals surface area contributed by atoms with Gasteiger partial charge in [0.15, 0.2) is 0 Å². The number of hydrogen-bond acceptors (Lipinski definition) is 4. The van der Waals surface area contributed by atoms with E-state index in [1.807, 2.05) is 31.2 Å². The average Bonchev–Trinajstić information content (AvgIpc) is 2.66. The molecule has 6 nitrogen and oxygen atoms in total. The molecule has 1 aliphatic rings. The number of nitrogens with zero attached hydrogens (tertiary/aromatic N) is 1. The van der Waals surface area contributed by atoms with E-state index in [1.165, 1.54) is 0 Å². The molecule has 2 N–H and O–H groups in total. The Balaban J connectivity index is 1.92. The molecule has 0 radical (unpaired) electrons. The first-order valence-corrected chi connectivity index (χ1v) is 9.88. The number of carbonyl (C=O) groups excluding carboxylic acids is 2. The third-order valence-electron chi connectivity index (χ3n) is 5.02. The SMILES string of the molecule is CCC(=O)NC1CCCN(CC(=O)NC(c2ccc(OC)cc2)C(C)C)C1. The number of likely N-dealkylation sites (tertiary alicyclic amines) is 1. The second kappa shape index (κ2) is 10.3. The topological polar surface area (TPSA) is 70.7 Å². The first-order chi connectivity index (χ1) is 12.9. The number of hydrogen-bond donors (Lipinski definition) is 2. The van der Waals surface area contributed by atoms with E-state index in [0.29, 0.717) is 13.0 Å². The molecule has 1 aliphatic heterocycles. The highest BCUT2D eigenvalue weighted by Gasteiger charge is 2.24. The summed E-state index contributed by atoms with van der Waals surface area (Å²) in [5, 5.41) is 6.22. The van der Waals surface area contributed by atoms with Crippen LogP contribution in [0.4, 0.5) is 0 Å². The maximum Gasteiger partial charge on any atom is 0.234 e. The van der Waals surface area contributed by atoms with Gasteiger partial charge in [-0.3, -0.25) is 14.5 Å². The molecule has 2 rings (SSSR count). The summed E-state index contributed by atoms with van der Waals surface area (Å²) >= 11 is 0. The fourth-order valence-corrected chi connectivity index (χ4v) is 3.52. The van der Waals surface area contributed by atoms with E-state index in [2.05, 4.69) is 29.4 Å². The van der Waals surface area contributed by atoms with Gasteiger partial charge in [-0.25, -0.2) is 0 Å². The van der Waals surface area contributed by atoms with Crippen LogP contribution in [0, 0.1) is 5.92 Å². The zero-order valence-corrected chi connectivity index (χ0v) is 17.0. The summed E-state index contributed by atoms with van der Waals surface area (Å²) < 4.78 is 5.21. The molecule has 0 saturated carbocycles. The van der Waals surface area contributed by atoms with Gasteiger partial charge in [0, 0.05) is 19.0 Å². The van der Waals surface area contributed by atoms with Gasteiger partial charge in [-0.2, -0.15) is 0 Å². The highest BCUT2D eigenvalue weighted by atomic mass is 16.5. The van der Waals surface area contributed by atoms with Gasteiger partial charge in [0.25, 0.3) is 0 Å². The Morgan fingerprint density at radius 2 is 1.93 bits per heavy atom. The van der Waals surface area contributed by atoms with E-state index in [4.69, 9.17) is 4.74 Å². The van der Waals surface area contributed by atoms with Crippen molar-refractivity contribution in [2.75, 3.05) is 26.7 Å². The van der Waals surface area contributed by atoms with Crippen molar-refractivity contribution < 1.29 is 14.3 Å². The monoisotopic (exact) mass is 375 g/mol. The molecule has 2 atom stereocenters. The van der Waals surface area contributed by atoms with E-state index in [-0.39, 0.29) is 29.8 Å². The Hall–Kier alpha value is -2.08. The maximum absolute atomic E-state index is 12.6. The van der Waals surface area contributed by atoms with Gasteiger partial charge >= 0.3 is 0 Å². The molecule has 2 unspecified atom stereocenters. The van der Waals surface area contributed by atoms with Crippen molar-refractivity contribution in [3.05, 3.63) is 29.8 Å². The zero-order chi connectivity index (χ0) is 19.8. The first kappa shape index (κ1) is 21.2. The largest absolute Gasteiger partial charge is 0.497 e. The summed E-state index contributed by atoms with van der Waals surface area (Å²) in [5.41, 5.74) is 1.07. The summed E-state index contributed by atoms with van der Waals surface area (Å²) in [6.45, 7) is 8.04. The summed E-state index contributed by atoms with van der Waals surface area (Å²) in [4.78, 5) is 26.4. The number of carbonyl (C=O) groups is 2. The fraction of sp³-hybridized carbons (Fsp3) is 0.619. The van der Waals surface area contributed by atoms with Crippen molar-refractivity contribution in [3.8, 4) is 5.75 Å². The Bertz CT molecular complexity index is 616. The molecular formula is C21H33N3O3. The standard InChI is InChI=1S/C21H33N3O3/c1-5-19(25)22-17-7-6-12-24(13-17)14-20(26)23-21(15(2)3)16-8-10-18(27-4)11-9-16/h8-11,15,17,21H,5-7,12-14H2,1-4H3,(H,22,25)(H,23,26). The summed E-state index contributed by atoms with van der Waals surface area (Å²) in [5.74, 6) is 1.18. The van der Waals surface area contributed by atoms with Crippen molar-refractivity contribution in [2.24, 2.45) is 5.92 Å². The predicted octanol–water partition coefficient (Wildman–Crippen LogP) is 2.50. The third kappa shape index (κ3) is 6.54. The maximum atomic E-state index is 12.6. The minimum Gasteiger partial charge on any atom is -0.497 e. The first-order valence-electron chi connectivity index (χ1n) is 9.88. The van der Waals surface area contributed by atoms with E-state index >= 15 is 0 Å². The molecule has 27 heavy (non-hydrogen) atoms. The lowest BCUT2D eigenvalue weighted by atomic mass is 9.96. The van der Waals surface area contributed by atoms with E-state index < -0.39 is 0 Å². The van der Waals surface area contributed by atoms with Crippen molar-refractivity contribution in [3.63, 3.8) is 0 Å². The molecule has 0 aliphatic carbocycles. The summed E-state index contributed by atoms with van der Waals surface area (Å²) in [6, 6.07) is 7.94. The minimum atomic E-state index is -0.0382. The van der Waals surface area contributed by atoms with E-state index in [0.717, 1.165) is 37.2 Å². The second-order valence-electron chi connectivity index (χ2n) is 7.56. The molecule has 6 heteroatoms. The highest BCUT2D eigenvalue weighted by Crippen LogP contribution is 2.24. The Kier molecular flexibility index (Phi) is 8.10. The van der Waals surface area contributed by atoms with Gasteiger partial charge < -0.3 is 15.4 Å². The van der Waals surface area contributed by atoms with Crippen LogP contribution in [0.25, 0.3) is 0 Å². The van der Waals surface area contributed by atoms with Crippen molar-refractivity contribution in [1.29, 1.82) is 0 Å². The lowest BCUT2D eigenvalue weighted by Crippen LogP contribution is -2.50. The van der Waals surface area contributed by atoms with Crippen molar-refractivity contribution >= 4 is 11.8 Å². The van der Waals surface area contributed by atoms with Gasteiger partial charge in [0.05, 0.1) is 19.7 Å². The van der Waals surface area contributed by atoms with Crippen LogP contribution in [0.2, 0.25) is 0 Å². The number of amides is 2. The van der Waals surface area contributed by atoms with Crippen LogP contribution in [-0.2, 0) is 9.59 Å². The van der Waals surface area contributed by atoms with Crippen LogP contribution in [-0.4, -0.2) is 49.5 Å². The van der Waals surface area contributed by atoms with Gasteiger partial charge in [0.1, 0.15) is 5.75 Å². The normalized spacial score (nSPS) is 18.8. The number of piperidine rings is 1. The molecule has 150 valence electrons. The third-order valence-corrected chi connectivity index (χ3v) is 5.02. The number of methoxy groups -OCH3 is 1. The van der Waals surface area contributed by atoms with Gasteiger partial charge in [-0.05, 0) is 43.0 Å². The molecule has 1 aromatic carbocycles. The predicted molar refractivity (Wildman–Crippen MR) is 107 cm³/mol. The smallest absolute Gasteiger partial charge is 0.234 e. The molecule has 0 bridgehead atoms. The fourth-order valence-electron chi connectivity index (χ4n) is 3.52. The molecule has 1 heterocycles. The Morgan fingerprint density at radius 1 is 1.22 bits per heavy atom. The number of rotatable bonds is 8. The average molecular weight is 376 g/mol. The van der Waals surface area contributed by atoms with Crippen LogP contribution in [0.15, 0.2) is 24.3 Å². The van der Waals surface area contributed by atoms with Crippen molar-refractivity contribution in [1.82, 2.24) is 15.5 Å². The lowest BCUT2D eigenvalue weighted by Gasteiger charge is -2.33. The molecule has 0 aromatic heterocycles. The van der Waals surface area contributed by atoms with Gasteiger partial charge in [0.2, 0.25) is 11.8 Å². The van der Waals surface area contributed by atoms with Gasteiger partial charge in [-0.1, -0.05) is 32.9 Å². The van der Waals surface area contributed by atoms with Crippen LogP contribution in [0.1, 0.15) is 51.6 Å². The Labute approximate surface area is 162 Å². The number of benzene rings is 1. The van der Waals surface area contributed by atoms with Crippen LogP contribution < -0.4 is 15.4 Å². The summed E-state index contributed by atoms with van der Waals surface area (Å²) in [6.07, 6.45) is 2.47. The van der Waals surface area contributed by atoms with E-state index in [1.54, 1.807) is 7.11 Å². The van der Waals surface area contributed by atoms with Crippen LogP contribution in [0.5, 0.6) is 5.75 Å². The molecular weight excluding hydrogens is 342 g/mol. The molecule has 0 spiro atoms. The zero-order valence-electron chi connectivity index (χ0n) is 17.0. The molecule has 1 aromatic rings. The summed E-state index contributed by atoms with van der Waals surface area (Å²) in [7, 11) is 1.64. The second-order valence-corrected chi connectivity index (χ2v) is 7.56. The van der Waals surface area contributed by atoms with Gasteiger partial charge in [-0.15, -0.1) is 0 Å².